The number of hydrogen-bond donors (Lipinski definition) is 1. The van der Waals surface area contributed by atoms with Crippen molar-refractivity contribution in [3.8, 4) is 0 Å². The van der Waals surface area contributed by atoms with Gasteiger partial charge in [0.2, 0.25) is 0 Å². The summed E-state index contributed by atoms with van der Waals surface area (Å²) in [7, 11) is 0. The molecular formula is C9H16N2. The van der Waals surface area contributed by atoms with Gasteiger partial charge in [-0.25, -0.2) is 0 Å². The molecule has 1 unspecified atom stereocenters. The highest BCUT2D eigenvalue weighted by Crippen LogP contribution is 2.46. The van der Waals surface area contributed by atoms with E-state index in [9.17, 15) is 0 Å². The van der Waals surface area contributed by atoms with E-state index in [1.807, 2.05) is 0 Å². The first-order valence-corrected chi connectivity index (χ1v) is 4.88. The van der Waals surface area contributed by atoms with Gasteiger partial charge >= 0.3 is 0 Å². The minimum Gasteiger partial charge on any atom is -0.315 e. The summed E-state index contributed by atoms with van der Waals surface area (Å²) in [5.41, 5.74) is 0.639. The van der Waals surface area contributed by atoms with Crippen LogP contribution < -0.4 is 5.32 Å². The second kappa shape index (κ2) is 1.99. The molecule has 3 fully saturated rings. The lowest BCUT2D eigenvalue weighted by atomic mass is 9.85. The molecule has 0 saturated carbocycles. The zero-order chi connectivity index (χ0) is 7.31. The number of piperidine rings is 1. The van der Waals surface area contributed by atoms with Crippen LogP contribution in [0.5, 0.6) is 0 Å². The lowest BCUT2D eigenvalue weighted by molar-refractivity contribution is 0.192. The zero-order valence-electron chi connectivity index (χ0n) is 6.97. The number of nitrogens with zero attached hydrogens (tertiary/aromatic N) is 1. The third kappa shape index (κ3) is 0.651. The Labute approximate surface area is 68.0 Å². The molecule has 2 bridgehead atoms. The summed E-state index contributed by atoms with van der Waals surface area (Å²) in [5.74, 6) is 1.04. The van der Waals surface area contributed by atoms with Crippen molar-refractivity contribution in [1.29, 1.82) is 0 Å². The predicted octanol–water partition coefficient (Wildman–Crippen LogP) is 0.444. The first-order chi connectivity index (χ1) is 5.42. The van der Waals surface area contributed by atoms with Crippen molar-refractivity contribution in [2.45, 2.75) is 24.8 Å². The van der Waals surface area contributed by atoms with Gasteiger partial charge < -0.3 is 5.32 Å². The van der Waals surface area contributed by atoms with Gasteiger partial charge in [-0.15, -0.1) is 0 Å². The fourth-order valence-corrected chi connectivity index (χ4v) is 3.44. The van der Waals surface area contributed by atoms with Crippen molar-refractivity contribution >= 4 is 0 Å². The van der Waals surface area contributed by atoms with Gasteiger partial charge in [0.25, 0.3) is 0 Å². The average molecular weight is 152 g/mol. The lowest BCUT2D eigenvalue weighted by Gasteiger charge is -2.30. The van der Waals surface area contributed by atoms with Crippen LogP contribution in [-0.2, 0) is 0 Å². The van der Waals surface area contributed by atoms with Crippen molar-refractivity contribution in [3.05, 3.63) is 0 Å². The summed E-state index contributed by atoms with van der Waals surface area (Å²) in [6.07, 6.45) is 4.36. The van der Waals surface area contributed by atoms with Gasteiger partial charge in [0.05, 0.1) is 0 Å². The summed E-state index contributed by atoms with van der Waals surface area (Å²) >= 11 is 0. The van der Waals surface area contributed by atoms with Crippen LogP contribution in [0.25, 0.3) is 0 Å². The van der Waals surface area contributed by atoms with Crippen molar-refractivity contribution in [2.24, 2.45) is 5.92 Å². The molecule has 0 aromatic carbocycles. The molecule has 1 spiro atoms. The predicted molar refractivity (Wildman–Crippen MR) is 44.5 cm³/mol. The van der Waals surface area contributed by atoms with Crippen LogP contribution in [0.4, 0.5) is 0 Å². The molecule has 0 aromatic rings. The van der Waals surface area contributed by atoms with E-state index in [2.05, 4.69) is 10.2 Å². The Kier molecular flexibility index (Phi) is 1.16. The SMILES string of the molecule is C1CC2(CN1)C1CCN2CC1. The zero-order valence-corrected chi connectivity index (χ0v) is 6.97. The molecule has 3 aliphatic heterocycles. The molecule has 0 aliphatic carbocycles. The molecule has 1 N–H and O–H groups in total. The van der Waals surface area contributed by atoms with Gasteiger partial charge in [-0.2, -0.15) is 0 Å². The summed E-state index contributed by atoms with van der Waals surface area (Å²) in [6.45, 7) is 5.30. The molecule has 0 radical (unpaired) electrons. The van der Waals surface area contributed by atoms with Crippen molar-refractivity contribution in [2.75, 3.05) is 26.2 Å². The maximum absolute atomic E-state index is 3.51. The highest BCUT2D eigenvalue weighted by molar-refractivity contribution is 5.10. The normalized spacial score (nSPS) is 54.5. The summed E-state index contributed by atoms with van der Waals surface area (Å²) < 4.78 is 0. The Bertz CT molecular complexity index is 150. The van der Waals surface area contributed by atoms with Gasteiger partial charge in [-0.1, -0.05) is 0 Å². The van der Waals surface area contributed by atoms with Gasteiger partial charge in [0.15, 0.2) is 0 Å². The van der Waals surface area contributed by atoms with E-state index in [1.54, 1.807) is 0 Å². The molecule has 3 rings (SSSR count). The minimum atomic E-state index is 0.639. The van der Waals surface area contributed by atoms with E-state index < -0.39 is 0 Å². The molecular weight excluding hydrogens is 136 g/mol. The van der Waals surface area contributed by atoms with Crippen LogP contribution in [0, 0.1) is 5.92 Å². The smallest absolute Gasteiger partial charge is 0.0375 e. The van der Waals surface area contributed by atoms with Crippen LogP contribution in [0.2, 0.25) is 0 Å². The summed E-state index contributed by atoms with van der Waals surface area (Å²) in [4.78, 5) is 2.73. The second-order valence-corrected chi connectivity index (χ2v) is 4.29. The Hall–Kier alpha value is -0.0800. The lowest BCUT2D eigenvalue weighted by Crippen LogP contribution is -2.43. The molecule has 2 nitrogen and oxygen atoms in total. The van der Waals surface area contributed by atoms with Crippen molar-refractivity contribution in [3.63, 3.8) is 0 Å². The summed E-state index contributed by atoms with van der Waals surface area (Å²) in [5, 5.41) is 3.51. The van der Waals surface area contributed by atoms with Crippen LogP contribution in [0.1, 0.15) is 19.3 Å². The maximum Gasteiger partial charge on any atom is 0.0375 e. The third-order valence-corrected chi connectivity index (χ3v) is 4.05. The summed E-state index contributed by atoms with van der Waals surface area (Å²) in [6, 6.07) is 0. The highest BCUT2D eigenvalue weighted by atomic mass is 15.3. The van der Waals surface area contributed by atoms with Crippen LogP contribution in [0.15, 0.2) is 0 Å². The Morgan fingerprint density at radius 3 is 2.55 bits per heavy atom. The van der Waals surface area contributed by atoms with Gasteiger partial charge in [0, 0.05) is 12.1 Å². The van der Waals surface area contributed by atoms with E-state index in [4.69, 9.17) is 0 Å². The fraction of sp³-hybridized carbons (Fsp3) is 1.00. The van der Waals surface area contributed by atoms with E-state index in [0.717, 1.165) is 5.92 Å². The third-order valence-electron chi connectivity index (χ3n) is 4.05. The minimum absolute atomic E-state index is 0.639. The van der Waals surface area contributed by atoms with E-state index in [-0.39, 0.29) is 0 Å². The van der Waals surface area contributed by atoms with Gasteiger partial charge in [-0.3, -0.25) is 4.90 Å². The Morgan fingerprint density at radius 2 is 2.09 bits per heavy atom. The molecule has 3 aliphatic rings. The Morgan fingerprint density at radius 1 is 1.27 bits per heavy atom. The van der Waals surface area contributed by atoms with Crippen LogP contribution >= 0.6 is 0 Å². The monoisotopic (exact) mass is 152 g/mol. The second-order valence-electron chi connectivity index (χ2n) is 4.29. The molecule has 1 atom stereocenters. The first kappa shape index (κ1) is 6.44. The quantitative estimate of drug-likeness (QED) is 0.542. The molecule has 62 valence electrons. The fourth-order valence-electron chi connectivity index (χ4n) is 3.44. The number of hydrogen-bond acceptors (Lipinski definition) is 2. The topological polar surface area (TPSA) is 15.3 Å². The van der Waals surface area contributed by atoms with Crippen molar-refractivity contribution in [1.82, 2.24) is 10.2 Å². The first-order valence-electron chi connectivity index (χ1n) is 4.88. The largest absolute Gasteiger partial charge is 0.315 e. The Balaban J connectivity index is 1.95. The standard InChI is InChI=1S/C9H16N2/c1-5-11-6-2-8(1)9(11)3-4-10-7-9/h8,10H,1-7H2. The van der Waals surface area contributed by atoms with Gasteiger partial charge in [0.1, 0.15) is 0 Å². The van der Waals surface area contributed by atoms with E-state index >= 15 is 0 Å². The highest BCUT2D eigenvalue weighted by Gasteiger charge is 2.53. The number of rotatable bonds is 0. The van der Waals surface area contributed by atoms with Crippen LogP contribution in [-0.4, -0.2) is 36.6 Å². The van der Waals surface area contributed by atoms with Gasteiger partial charge in [-0.05, 0) is 44.8 Å². The molecule has 3 heterocycles. The molecule has 3 saturated heterocycles. The van der Waals surface area contributed by atoms with Crippen LogP contribution in [0.3, 0.4) is 0 Å². The van der Waals surface area contributed by atoms with Crippen molar-refractivity contribution < 1.29 is 0 Å². The molecule has 11 heavy (non-hydrogen) atoms. The molecule has 0 aromatic heterocycles. The van der Waals surface area contributed by atoms with E-state index in [1.165, 1.54) is 45.4 Å². The average Bonchev–Trinajstić information content (AvgIpc) is 2.72. The maximum atomic E-state index is 3.51. The molecule has 0 amide bonds. The number of nitrogens with one attached hydrogen (secondary N) is 1. The van der Waals surface area contributed by atoms with E-state index in [0.29, 0.717) is 5.54 Å². The molecule has 2 heteroatoms.